The van der Waals surface area contributed by atoms with Crippen molar-refractivity contribution in [3.05, 3.63) is 65.0 Å². The lowest BCUT2D eigenvalue weighted by atomic mass is 10.1. The number of hydrogen-bond acceptors (Lipinski definition) is 5. The Hall–Kier alpha value is -3.26. The van der Waals surface area contributed by atoms with Gasteiger partial charge in [-0.1, -0.05) is 6.07 Å². The Morgan fingerprint density at radius 1 is 1.09 bits per heavy atom. The lowest BCUT2D eigenvalue weighted by Gasteiger charge is -2.03. The van der Waals surface area contributed by atoms with E-state index in [0.29, 0.717) is 5.56 Å². The third-order valence-corrected chi connectivity index (χ3v) is 2.84. The van der Waals surface area contributed by atoms with Gasteiger partial charge >= 0.3 is 0 Å². The number of phenolic OH excluding ortho intramolecular Hbond substituents is 1. The van der Waals surface area contributed by atoms with Gasteiger partial charge in [-0.25, -0.2) is 15.3 Å². The minimum Gasteiger partial charge on any atom is -0.505 e. The Labute approximate surface area is 130 Å². The maximum Gasteiger partial charge on any atom is 0.274 e. The molecule has 0 aliphatic carbocycles. The molecule has 0 atom stereocenters. The van der Waals surface area contributed by atoms with Gasteiger partial charge in [-0.2, -0.15) is 5.10 Å². The van der Waals surface area contributed by atoms with Crippen molar-refractivity contribution in [1.29, 1.82) is 0 Å². The number of carbonyl (C=O) groups is 2. The highest BCUT2D eigenvalue weighted by Crippen LogP contribution is 2.14. The van der Waals surface area contributed by atoms with Crippen LogP contribution in [0.5, 0.6) is 5.75 Å². The van der Waals surface area contributed by atoms with Crippen LogP contribution >= 0.6 is 0 Å². The number of amides is 2. The second-order valence-corrected chi connectivity index (χ2v) is 4.43. The zero-order valence-corrected chi connectivity index (χ0v) is 11.7. The first-order chi connectivity index (χ1) is 11.0. The average Bonchev–Trinajstić information content (AvgIpc) is 2.57. The number of aromatic hydroxyl groups is 1. The SMILES string of the molecule is O=C(NO)c1cccc(C(=O)N/N=C/c2ccc(O)c(F)c2)c1. The van der Waals surface area contributed by atoms with Crippen molar-refractivity contribution in [2.75, 3.05) is 0 Å². The van der Waals surface area contributed by atoms with Crippen molar-refractivity contribution in [1.82, 2.24) is 10.9 Å². The van der Waals surface area contributed by atoms with Crippen molar-refractivity contribution < 1.29 is 24.3 Å². The highest BCUT2D eigenvalue weighted by Gasteiger charge is 2.09. The fourth-order valence-electron chi connectivity index (χ4n) is 1.70. The van der Waals surface area contributed by atoms with E-state index >= 15 is 0 Å². The molecular formula is C15H12FN3O4. The van der Waals surface area contributed by atoms with Gasteiger partial charge < -0.3 is 5.11 Å². The van der Waals surface area contributed by atoms with Crippen LogP contribution in [0, 0.1) is 5.82 Å². The molecule has 8 heteroatoms. The van der Waals surface area contributed by atoms with Crippen molar-refractivity contribution >= 4 is 18.0 Å². The van der Waals surface area contributed by atoms with E-state index in [-0.39, 0.29) is 11.1 Å². The van der Waals surface area contributed by atoms with Crippen LogP contribution in [0.15, 0.2) is 47.6 Å². The number of nitrogens with zero attached hydrogens (tertiary/aromatic N) is 1. The Kier molecular flexibility index (Phi) is 5.00. The number of halogens is 1. The van der Waals surface area contributed by atoms with E-state index in [1.807, 2.05) is 0 Å². The summed E-state index contributed by atoms with van der Waals surface area (Å²) >= 11 is 0. The Balaban J connectivity index is 2.05. The van der Waals surface area contributed by atoms with Gasteiger partial charge in [-0.3, -0.25) is 14.8 Å². The van der Waals surface area contributed by atoms with E-state index in [9.17, 15) is 14.0 Å². The summed E-state index contributed by atoms with van der Waals surface area (Å²) in [5.74, 6) is -2.62. The molecule has 2 aromatic rings. The van der Waals surface area contributed by atoms with Gasteiger partial charge in [-0.05, 0) is 42.0 Å². The van der Waals surface area contributed by atoms with Gasteiger partial charge in [0.1, 0.15) is 0 Å². The predicted molar refractivity (Wildman–Crippen MR) is 78.8 cm³/mol. The quantitative estimate of drug-likeness (QED) is 0.388. The molecule has 4 N–H and O–H groups in total. The molecule has 0 spiro atoms. The van der Waals surface area contributed by atoms with E-state index in [1.165, 1.54) is 42.0 Å². The molecule has 0 saturated heterocycles. The van der Waals surface area contributed by atoms with Crippen molar-refractivity contribution in [3.8, 4) is 5.75 Å². The van der Waals surface area contributed by atoms with Gasteiger partial charge in [0.15, 0.2) is 11.6 Å². The van der Waals surface area contributed by atoms with Gasteiger partial charge in [0.2, 0.25) is 0 Å². The first-order valence-corrected chi connectivity index (χ1v) is 6.37. The van der Waals surface area contributed by atoms with E-state index in [1.54, 1.807) is 0 Å². The van der Waals surface area contributed by atoms with Crippen molar-refractivity contribution in [2.24, 2.45) is 5.10 Å². The average molecular weight is 317 g/mol. The van der Waals surface area contributed by atoms with Crippen molar-refractivity contribution in [3.63, 3.8) is 0 Å². The molecular weight excluding hydrogens is 305 g/mol. The van der Waals surface area contributed by atoms with Crippen LogP contribution < -0.4 is 10.9 Å². The number of hydrogen-bond donors (Lipinski definition) is 4. The van der Waals surface area contributed by atoms with E-state index in [2.05, 4.69) is 10.5 Å². The maximum atomic E-state index is 13.1. The monoisotopic (exact) mass is 317 g/mol. The molecule has 0 saturated carbocycles. The largest absolute Gasteiger partial charge is 0.505 e. The third-order valence-electron chi connectivity index (χ3n) is 2.84. The summed E-state index contributed by atoms with van der Waals surface area (Å²) in [7, 11) is 0. The van der Waals surface area contributed by atoms with Gasteiger partial charge in [0.25, 0.3) is 11.8 Å². The molecule has 0 heterocycles. The second-order valence-electron chi connectivity index (χ2n) is 4.43. The second kappa shape index (κ2) is 7.14. The first-order valence-electron chi connectivity index (χ1n) is 6.37. The van der Waals surface area contributed by atoms with Crippen LogP contribution in [0.25, 0.3) is 0 Å². The zero-order valence-electron chi connectivity index (χ0n) is 11.7. The number of rotatable bonds is 4. The molecule has 2 rings (SSSR count). The smallest absolute Gasteiger partial charge is 0.274 e. The number of phenols is 1. The van der Waals surface area contributed by atoms with Crippen LogP contribution in [0.1, 0.15) is 26.3 Å². The summed E-state index contributed by atoms with van der Waals surface area (Å²) < 4.78 is 13.1. The highest BCUT2D eigenvalue weighted by molar-refractivity contribution is 5.99. The zero-order chi connectivity index (χ0) is 16.8. The molecule has 0 aliphatic heterocycles. The number of hydroxylamine groups is 1. The van der Waals surface area contributed by atoms with E-state index in [4.69, 9.17) is 10.3 Å². The summed E-state index contributed by atoms with van der Waals surface area (Å²) in [6, 6.07) is 9.26. The molecule has 0 unspecified atom stereocenters. The molecule has 7 nitrogen and oxygen atoms in total. The maximum absolute atomic E-state index is 13.1. The van der Waals surface area contributed by atoms with Crippen LogP contribution in [0.2, 0.25) is 0 Å². The molecule has 2 aromatic carbocycles. The molecule has 0 aromatic heterocycles. The van der Waals surface area contributed by atoms with Crippen molar-refractivity contribution in [2.45, 2.75) is 0 Å². The minimum absolute atomic E-state index is 0.102. The molecule has 0 aliphatic rings. The number of hydrazone groups is 1. The Morgan fingerprint density at radius 2 is 1.78 bits per heavy atom. The summed E-state index contributed by atoms with van der Waals surface area (Å²) in [5.41, 5.74) is 4.28. The van der Waals surface area contributed by atoms with Crippen LogP contribution in [-0.4, -0.2) is 28.3 Å². The first kappa shape index (κ1) is 16.1. The number of carbonyl (C=O) groups excluding carboxylic acids is 2. The van der Waals surface area contributed by atoms with E-state index < -0.39 is 23.4 Å². The van der Waals surface area contributed by atoms with Crippen LogP contribution in [-0.2, 0) is 0 Å². The van der Waals surface area contributed by atoms with Crippen LogP contribution in [0.3, 0.4) is 0 Å². The number of benzene rings is 2. The molecule has 118 valence electrons. The van der Waals surface area contributed by atoms with Gasteiger partial charge in [0, 0.05) is 11.1 Å². The summed E-state index contributed by atoms with van der Waals surface area (Å²) in [5, 5.41) is 21.3. The lowest BCUT2D eigenvalue weighted by Crippen LogP contribution is -2.21. The lowest BCUT2D eigenvalue weighted by molar-refractivity contribution is 0.0706. The summed E-state index contributed by atoms with van der Waals surface area (Å²) in [6.07, 6.45) is 1.20. The molecule has 23 heavy (non-hydrogen) atoms. The van der Waals surface area contributed by atoms with Gasteiger partial charge in [-0.15, -0.1) is 0 Å². The fourth-order valence-corrected chi connectivity index (χ4v) is 1.70. The molecule has 0 radical (unpaired) electrons. The molecule has 2 amide bonds. The summed E-state index contributed by atoms with van der Waals surface area (Å²) in [4.78, 5) is 23.2. The fraction of sp³-hybridized carbons (Fsp3) is 0. The Bertz CT molecular complexity index is 777. The predicted octanol–water partition coefficient (Wildman–Crippen LogP) is 1.41. The minimum atomic E-state index is -0.803. The van der Waals surface area contributed by atoms with E-state index in [0.717, 1.165) is 12.1 Å². The number of nitrogens with one attached hydrogen (secondary N) is 2. The highest BCUT2D eigenvalue weighted by atomic mass is 19.1. The summed E-state index contributed by atoms with van der Waals surface area (Å²) in [6.45, 7) is 0. The Morgan fingerprint density at radius 3 is 2.43 bits per heavy atom. The molecule has 0 fully saturated rings. The normalized spacial score (nSPS) is 10.5. The van der Waals surface area contributed by atoms with Crippen LogP contribution in [0.4, 0.5) is 4.39 Å². The molecule has 0 bridgehead atoms. The van der Waals surface area contributed by atoms with Gasteiger partial charge in [0.05, 0.1) is 6.21 Å². The standard InChI is InChI=1S/C15H12FN3O4/c16-12-6-9(4-5-13(12)20)8-17-18-14(21)10-2-1-3-11(7-10)15(22)19-23/h1-8,20,23H,(H,18,21)(H,19,22)/b17-8+. The topological polar surface area (TPSA) is 111 Å². The third kappa shape index (κ3) is 4.11.